The van der Waals surface area contributed by atoms with Gasteiger partial charge in [-0.05, 0) is 48.5 Å². The topological polar surface area (TPSA) is 129 Å². The number of carbonyl (C=O) groups excluding carboxylic acids is 4. The van der Waals surface area contributed by atoms with Crippen molar-refractivity contribution in [3.63, 3.8) is 0 Å². The molecule has 2 heterocycles. The molecule has 0 unspecified atom stereocenters. The maximum Gasteiger partial charge on any atom is 0.294 e. The van der Waals surface area contributed by atoms with Crippen molar-refractivity contribution >= 4 is 50.2 Å². The zero-order valence-corrected chi connectivity index (χ0v) is 21.5. The summed E-state index contributed by atoms with van der Waals surface area (Å²) in [5.74, 6) is -2.32. The van der Waals surface area contributed by atoms with E-state index in [1.54, 1.807) is 19.1 Å². The van der Waals surface area contributed by atoms with E-state index in [0.29, 0.717) is 16.7 Å². The number of aryl methyl sites for hydroxylation is 1. The Balaban J connectivity index is 1.49. The van der Waals surface area contributed by atoms with Gasteiger partial charge in [0.2, 0.25) is 0 Å². The number of benzene rings is 4. The number of carbonyl (C=O) groups is 4. The molecule has 2 aliphatic heterocycles. The minimum absolute atomic E-state index is 0.164. The van der Waals surface area contributed by atoms with Crippen LogP contribution in [0.5, 0.6) is 0 Å². The van der Waals surface area contributed by atoms with Gasteiger partial charge in [-0.1, -0.05) is 23.8 Å². The SMILES string of the molecule is [CH2-]c1cc(N2C(=O)c3ccc4c5c(ccc(c35)C2=O)C(=O)N(C)C4=O)ccc1-c1ccc(C)cc1S(=O)(=O)O. The normalized spacial score (nSPS) is 14.9. The quantitative estimate of drug-likeness (QED) is 0.234. The highest BCUT2D eigenvalue weighted by molar-refractivity contribution is 7.86. The molecule has 10 heteroatoms. The Morgan fingerprint density at radius 3 is 1.62 bits per heavy atom. The van der Waals surface area contributed by atoms with Crippen molar-refractivity contribution in [3.8, 4) is 11.1 Å². The van der Waals surface area contributed by atoms with Gasteiger partial charge in [-0.3, -0.25) is 33.5 Å². The van der Waals surface area contributed by atoms with Crippen LogP contribution in [0.2, 0.25) is 0 Å². The number of hydrogen-bond donors (Lipinski definition) is 1. The summed E-state index contributed by atoms with van der Waals surface area (Å²) >= 11 is 0. The fourth-order valence-corrected chi connectivity index (χ4v) is 6.07. The van der Waals surface area contributed by atoms with Crippen molar-refractivity contribution in [1.82, 2.24) is 4.90 Å². The summed E-state index contributed by atoms with van der Waals surface area (Å²) in [4.78, 5) is 54.5. The molecule has 0 bridgehead atoms. The fraction of sp³-hybridized carbons (Fsp3) is 0.0690. The Labute approximate surface area is 223 Å². The third-order valence-corrected chi connectivity index (χ3v) is 8.04. The van der Waals surface area contributed by atoms with Crippen molar-refractivity contribution in [3.05, 3.63) is 101 Å². The van der Waals surface area contributed by atoms with Gasteiger partial charge in [0.25, 0.3) is 33.7 Å². The van der Waals surface area contributed by atoms with E-state index in [9.17, 15) is 32.1 Å². The largest absolute Gasteiger partial charge is 0.294 e. The van der Waals surface area contributed by atoms with Crippen LogP contribution in [0.1, 0.15) is 52.6 Å². The second-order valence-corrected chi connectivity index (χ2v) is 10.9. The molecular formula is C29H19N2O7S-. The van der Waals surface area contributed by atoms with E-state index >= 15 is 0 Å². The smallest absolute Gasteiger partial charge is 0.282 e. The molecule has 0 saturated carbocycles. The molecule has 4 aromatic rings. The summed E-state index contributed by atoms with van der Waals surface area (Å²) in [5.41, 5.74) is 2.56. The third-order valence-electron chi connectivity index (χ3n) is 7.15. The number of imide groups is 2. The van der Waals surface area contributed by atoms with Gasteiger partial charge in [0, 0.05) is 40.1 Å². The van der Waals surface area contributed by atoms with Gasteiger partial charge in [-0.15, -0.1) is 17.7 Å². The highest BCUT2D eigenvalue weighted by Gasteiger charge is 2.38. The summed E-state index contributed by atoms with van der Waals surface area (Å²) in [5, 5.41) is 0.541. The van der Waals surface area contributed by atoms with Gasteiger partial charge >= 0.3 is 0 Å². The molecule has 1 N–H and O–H groups in total. The summed E-state index contributed by atoms with van der Waals surface area (Å²) in [6.07, 6.45) is 0. The van der Waals surface area contributed by atoms with Gasteiger partial charge in [0.05, 0.1) is 4.90 Å². The number of anilines is 1. The lowest BCUT2D eigenvalue weighted by Crippen LogP contribution is -2.42. The summed E-state index contributed by atoms with van der Waals surface area (Å²) in [6.45, 7) is 5.68. The lowest BCUT2D eigenvalue weighted by atomic mass is 9.86. The van der Waals surface area contributed by atoms with Crippen LogP contribution in [0.25, 0.3) is 21.9 Å². The van der Waals surface area contributed by atoms with Gasteiger partial charge in [-0.2, -0.15) is 20.9 Å². The standard InChI is InChI=1S/C29H19N2O7S/c1-14-4-6-18(23(12-14)39(36,37)38)17-7-5-16(13-15(17)2)31-28(34)21-10-8-19-24-20(27(33)30(3)26(19)32)9-11-22(25(21)24)29(31)35/h4-13H,2H2,1,3H3,(H,36,37,38)/q-1. The van der Waals surface area contributed by atoms with Crippen LogP contribution < -0.4 is 4.90 Å². The number of nitrogens with zero attached hydrogens (tertiary/aromatic N) is 2. The van der Waals surface area contributed by atoms with Gasteiger partial charge < -0.3 is 0 Å². The lowest BCUT2D eigenvalue weighted by molar-refractivity contribution is 0.0649. The third kappa shape index (κ3) is 3.42. The number of hydrogen-bond acceptors (Lipinski definition) is 6. The zero-order chi connectivity index (χ0) is 28.0. The van der Waals surface area contributed by atoms with E-state index in [2.05, 4.69) is 6.92 Å². The molecule has 0 fully saturated rings. The van der Waals surface area contributed by atoms with Crippen molar-refractivity contribution in [2.45, 2.75) is 11.8 Å². The maximum atomic E-state index is 13.7. The Morgan fingerprint density at radius 2 is 1.13 bits per heavy atom. The first-order valence-corrected chi connectivity index (χ1v) is 13.2. The van der Waals surface area contributed by atoms with Crippen LogP contribution in [0.3, 0.4) is 0 Å². The second-order valence-electron chi connectivity index (χ2n) is 9.50. The molecule has 0 aliphatic carbocycles. The molecule has 9 nitrogen and oxygen atoms in total. The first-order chi connectivity index (χ1) is 18.4. The Bertz CT molecular complexity index is 1890. The Morgan fingerprint density at radius 1 is 0.667 bits per heavy atom. The average molecular weight is 540 g/mol. The van der Waals surface area contributed by atoms with Crippen molar-refractivity contribution in [2.75, 3.05) is 11.9 Å². The summed E-state index contributed by atoms with van der Waals surface area (Å²) in [7, 11) is -3.16. The van der Waals surface area contributed by atoms with Crippen LogP contribution in [0.4, 0.5) is 5.69 Å². The van der Waals surface area contributed by atoms with Crippen LogP contribution in [0.15, 0.2) is 65.6 Å². The number of amides is 4. The van der Waals surface area contributed by atoms with Crippen LogP contribution in [-0.2, 0) is 10.1 Å². The molecule has 0 saturated heterocycles. The molecular weight excluding hydrogens is 520 g/mol. The molecule has 39 heavy (non-hydrogen) atoms. The highest BCUT2D eigenvalue weighted by Crippen LogP contribution is 2.40. The van der Waals surface area contributed by atoms with Gasteiger partial charge in [0.15, 0.2) is 0 Å². The molecule has 2 aliphatic rings. The fourth-order valence-electron chi connectivity index (χ4n) is 5.28. The van der Waals surface area contributed by atoms with E-state index in [4.69, 9.17) is 0 Å². The van der Waals surface area contributed by atoms with Crippen LogP contribution in [0, 0.1) is 13.8 Å². The van der Waals surface area contributed by atoms with E-state index in [0.717, 1.165) is 9.80 Å². The first-order valence-electron chi connectivity index (χ1n) is 11.8. The second kappa shape index (κ2) is 8.10. The van der Waals surface area contributed by atoms with Gasteiger partial charge in [-0.25, -0.2) is 0 Å². The van der Waals surface area contributed by atoms with E-state index < -0.39 is 33.7 Å². The predicted octanol–water partition coefficient (Wildman–Crippen LogP) is 4.27. The van der Waals surface area contributed by atoms with Crippen LogP contribution >= 0.6 is 0 Å². The number of rotatable bonds is 3. The molecule has 0 aromatic heterocycles. The van der Waals surface area contributed by atoms with Crippen molar-refractivity contribution < 1.29 is 32.1 Å². The van der Waals surface area contributed by atoms with E-state index in [-0.39, 0.29) is 49.2 Å². The highest BCUT2D eigenvalue weighted by atomic mass is 32.2. The van der Waals surface area contributed by atoms with E-state index in [1.807, 2.05) is 0 Å². The maximum absolute atomic E-state index is 13.7. The molecule has 0 atom stereocenters. The van der Waals surface area contributed by atoms with Crippen LogP contribution in [-0.4, -0.2) is 48.5 Å². The molecule has 4 amide bonds. The van der Waals surface area contributed by atoms with Gasteiger partial charge in [0.1, 0.15) is 0 Å². The van der Waals surface area contributed by atoms with Crippen molar-refractivity contribution in [1.29, 1.82) is 0 Å². The predicted molar refractivity (Wildman–Crippen MR) is 142 cm³/mol. The Hall–Kier alpha value is -4.80. The van der Waals surface area contributed by atoms with E-state index in [1.165, 1.54) is 55.6 Å². The lowest BCUT2D eigenvalue weighted by Gasteiger charge is -2.32. The molecule has 6 rings (SSSR count). The molecule has 4 aromatic carbocycles. The van der Waals surface area contributed by atoms with Crippen molar-refractivity contribution in [2.24, 2.45) is 0 Å². The zero-order valence-electron chi connectivity index (χ0n) is 20.7. The summed E-state index contributed by atoms with van der Waals surface area (Å²) in [6, 6.07) is 15.0. The molecule has 0 radical (unpaired) electrons. The first kappa shape index (κ1) is 24.5. The molecule has 194 valence electrons. The Kier molecular flexibility index (Phi) is 5.09. The summed E-state index contributed by atoms with van der Waals surface area (Å²) < 4.78 is 33.8. The minimum Gasteiger partial charge on any atom is -0.282 e. The minimum atomic E-state index is -4.54. The molecule has 0 spiro atoms. The average Bonchev–Trinajstić information content (AvgIpc) is 2.89. The monoisotopic (exact) mass is 539 g/mol.